The van der Waals surface area contributed by atoms with Gasteiger partial charge in [0.1, 0.15) is 5.03 Å². The Kier molecular flexibility index (Phi) is 4.41. The number of halogens is 1. The minimum atomic E-state index is 0.696. The Balaban J connectivity index is 2.15. The van der Waals surface area contributed by atoms with Gasteiger partial charge in [-0.05, 0) is 55.6 Å². The van der Waals surface area contributed by atoms with Crippen LogP contribution in [0.25, 0.3) is 22.6 Å². The lowest BCUT2D eigenvalue weighted by molar-refractivity contribution is 1.06. The van der Waals surface area contributed by atoms with E-state index in [4.69, 9.17) is 16.6 Å². The molecule has 0 unspecified atom stereocenters. The quantitative estimate of drug-likeness (QED) is 0.507. The van der Waals surface area contributed by atoms with Crippen molar-refractivity contribution in [3.63, 3.8) is 0 Å². The third kappa shape index (κ3) is 3.13. The molecule has 0 saturated heterocycles. The van der Waals surface area contributed by atoms with Crippen molar-refractivity contribution in [2.45, 2.75) is 11.9 Å². The van der Waals surface area contributed by atoms with Crippen LogP contribution in [-0.4, -0.2) is 21.2 Å². The predicted molar refractivity (Wildman–Crippen MR) is 92.2 cm³/mol. The molecule has 5 heteroatoms. The summed E-state index contributed by atoms with van der Waals surface area (Å²) < 4.78 is 0. The molecule has 0 fully saturated rings. The molecule has 2 aromatic heterocycles. The predicted octanol–water partition coefficient (Wildman–Crippen LogP) is 4.89. The molecule has 3 rings (SSSR count). The molecule has 110 valence electrons. The summed E-state index contributed by atoms with van der Waals surface area (Å²) in [4.78, 5) is 13.6. The van der Waals surface area contributed by atoms with Crippen LogP contribution in [0, 0.1) is 6.92 Å². The fraction of sp³-hybridized carbons (Fsp3) is 0.118. The molecular formula is C17H14ClN3S. The molecule has 3 nitrogen and oxygen atoms in total. The number of rotatable bonds is 3. The van der Waals surface area contributed by atoms with Crippen molar-refractivity contribution in [2.24, 2.45) is 0 Å². The minimum absolute atomic E-state index is 0.696. The number of hydrogen-bond acceptors (Lipinski definition) is 4. The van der Waals surface area contributed by atoms with Crippen LogP contribution in [-0.2, 0) is 0 Å². The summed E-state index contributed by atoms with van der Waals surface area (Å²) in [6.07, 6.45) is 3.80. The zero-order valence-electron chi connectivity index (χ0n) is 12.2. The van der Waals surface area contributed by atoms with Crippen molar-refractivity contribution in [1.82, 2.24) is 15.0 Å². The van der Waals surface area contributed by atoms with Gasteiger partial charge in [-0.1, -0.05) is 11.6 Å². The molecule has 0 amide bonds. The molecule has 0 spiro atoms. The normalized spacial score (nSPS) is 10.7. The number of thioether (sulfide) groups is 1. The van der Waals surface area contributed by atoms with E-state index >= 15 is 0 Å². The van der Waals surface area contributed by atoms with Crippen molar-refractivity contribution < 1.29 is 0 Å². The zero-order valence-corrected chi connectivity index (χ0v) is 13.8. The number of nitrogens with zero attached hydrogens (tertiary/aromatic N) is 3. The average molecular weight is 328 g/mol. The van der Waals surface area contributed by atoms with Crippen LogP contribution in [0.1, 0.15) is 5.69 Å². The van der Waals surface area contributed by atoms with Crippen LogP contribution in [0.5, 0.6) is 0 Å². The molecule has 0 atom stereocenters. The third-order valence-electron chi connectivity index (χ3n) is 3.30. The van der Waals surface area contributed by atoms with E-state index in [2.05, 4.69) is 9.97 Å². The molecule has 0 aliphatic carbocycles. The highest BCUT2D eigenvalue weighted by atomic mass is 35.5. The zero-order chi connectivity index (χ0) is 15.5. The molecule has 0 bridgehead atoms. The number of hydrogen-bond donors (Lipinski definition) is 0. The van der Waals surface area contributed by atoms with E-state index in [1.807, 2.05) is 55.6 Å². The van der Waals surface area contributed by atoms with Gasteiger partial charge in [0, 0.05) is 28.0 Å². The van der Waals surface area contributed by atoms with Crippen molar-refractivity contribution in [3.05, 3.63) is 59.4 Å². The number of aromatic nitrogens is 3. The number of pyridine rings is 1. The van der Waals surface area contributed by atoms with Gasteiger partial charge in [0.05, 0.1) is 5.69 Å². The van der Waals surface area contributed by atoms with Crippen LogP contribution in [0.2, 0.25) is 5.02 Å². The SMILES string of the molecule is CSc1cc(-c2cccnc2C)nc(-c2ccc(Cl)cc2)n1. The van der Waals surface area contributed by atoms with Gasteiger partial charge in [0.25, 0.3) is 0 Å². The second-order valence-corrected chi connectivity index (χ2v) is 6.03. The lowest BCUT2D eigenvalue weighted by Crippen LogP contribution is -1.96. The molecule has 3 aromatic rings. The van der Waals surface area contributed by atoms with Crippen LogP contribution >= 0.6 is 23.4 Å². The summed E-state index contributed by atoms with van der Waals surface area (Å²) in [6, 6.07) is 13.5. The van der Waals surface area contributed by atoms with E-state index in [1.54, 1.807) is 18.0 Å². The van der Waals surface area contributed by atoms with Crippen molar-refractivity contribution in [3.8, 4) is 22.6 Å². The van der Waals surface area contributed by atoms with Crippen LogP contribution in [0.15, 0.2) is 53.7 Å². The summed E-state index contributed by atoms with van der Waals surface area (Å²) in [5, 5.41) is 1.63. The first-order valence-electron chi connectivity index (χ1n) is 6.78. The van der Waals surface area contributed by atoms with Gasteiger partial charge in [-0.3, -0.25) is 4.98 Å². The Morgan fingerprint density at radius 1 is 1.05 bits per heavy atom. The van der Waals surface area contributed by atoms with Gasteiger partial charge >= 0.3 is 0 Å². The highest BCUT2D eigenvalue weighted by Gasteiger charge is 2.10. The molecule has 0 aliphatic heterocycles. The lowest BCUT2D eigenvalue weighted by Gasteiger charge is -2.09. The summed E-state index contributed by atoms with van der Waals surface area (Å²) >= 11 is 7.55. The molecular weight excluding hydrogens is 314 g/mol. The van der Waals surface area contributed by atoms with Crippen LogP contribution in [0.4, 0.5) is 0 Å². The molecule has 2 heterocycles. The van der Waals surface area contributed by atoms with Crippen LogP contribution in [0.3, 0.4) is 0 Å². The first kappa shape index (κ1) is 15.0. The largest absolute Gasteiger partial charge is 0.261 e. The maximum Gasteiger partial charge on any atom is 0.161 e. The average Bonchev–Trinajstić information content (AvgIpc) is 2.55. The van der Waals surface area contributed by atoms with Gasteiger partial charge in [-0.25, -0.2) is 9.97 Å². The molecule has 1 aromatic carbocycles. The Morgan fingerprint density at radius 3 is 2.50 bits per heavy atom. The van der Waals surface area contributed by atoms with Gasteiger partial charge in [0.2, 0.25) is 0 Å². The van der Waals surface area contributed by atoms with Gasteiger partial charge in [0.15, 0.2) is 5.82 Å². The fourth-order valence-corrected chi connectivity index (χ4v) is 2.68. The van der Waals surface area contributed by atoms with Gasteiger partial charge in [-0.2, -0.15) is 0 Å². The minimum Gasteiger partial charge on any atom is -0.261 e. The molecule has 22 heavy (non-hydrogen) atoms. The van der Waals surface area contributed by atoms with Gasteiger partial charge < -0.3 is 0 Å². The summed E-state index contributed by atoms with van der Waals surface area (Å²) in [5.74, 6) is 0.696. The van der Waals surface area contributed by atoms with E-state index in [9.17, 15) is 0 Å². The standard InChI is InChI=1S/C17H14ClN3S/c1-11-14(4-3-9-19-11)15-10-16(22-2)21-17(20-15)12-5-7-13(18)8-6-12/h3-10H,1-2H3. The van der Waals surface area contributed by atoms with E-state index in [1.165, 1.54) is 0 Å². The Morgan fingerprint density at radius 2 is 1.82 bits per heavy atom. The third-order valence-corrected chi connectivity index (χ3v) is 4.18. The first-order chi connectivity index (χ1) is 10.7. The number of benzene rings is 1. The van der Waals surface area contributed by atoms with E-state index in [0.717, 1.165) is 27.5 Å². The summed E-state index contributed by atoms with van der Waals surface area (Å²) in [6.45, 7) is 1.98. The maximum absolute atomic E-state index is 5.95. The first-order valence-corrected chi connectivity index (χ1v) is 8.38. The Labute approximate surface area is 138 Å². The highest BCUT2D eigenvalue weighted by molar-refractivity contribution is 7.98. The second-order valence-electron chi connectivity index (χ2n) is 4.76. The maximum atomic E-state index is 5.95. The van der Waals surface area contributed by atoms with Crippen molar-refractivity contribution >= 4 is 23.4 Å². The Hall–Kier alpha value is -1.91. The topological polar surface area (TPSA) is 38.7 Å². The van der Waals surface area contributed by atoms with E-state index < -0.39 is 0 Å². The van der Waals surface area contributed by atoms with E-state index in [0.29, 0.717) is 10.8 Å². The molecule has 0 saturated carbocycles. The monoisotopic (exact) mass is 327 g/mol. The van der Waals surface area contributed by atoms with E-state index in [-0.39, 0.29) is 0 Å². The lowest BCUT2D eigenvalue weighted by atomic mass is 10.1. The van der Waals surface area contributed by atoms with Crippen molar-refractivity contribution in [2.75, 3.05) is 6.26 Å². The summed E-state index contributed by atoms with van der Waals surface area (Å²) in [7, 11) is 0. The highest BCUT2D eigenvalue weighted by Crippen LogP contribution is 2.27. The molecule has 0 N–H and O–H groups in total. The molecule has 0 aliphatic rings. The smallest absolute Gasteiger partial charge is 0.161 e. The summed E-state index contributed by atoms with van der Waals surface area (Å²) in [5.41, 5.74) is 3.81. The van der Waals surface area contributed by atoms with Gasteiger partial charge in [-0.15, -0.1) is 11.8 Å². The second kappa shape index (κ2) is 6.46. The van der Waals surface area contributed by atoms with Crippen molar-refractivity contribution in [1.29, 1.82) is 0 Å². The molecule has 0 radical (unpaired) electrons. The Bertz CT molecular complexity index is 803. The van der Waals surface area contributed by atoms with Crippen LogP contribution < -0.4 is 0 Å². The fourth-order valence-electron chi connectivity index (χ4n) is 2.15. The number of aryl methyl sites for hydroxylation is 1.